The van der Waals surface area contributed by atoms with Gasteiger partial charge in [0.05, 0.1) is 10.9 Å². The summed E-state index contributed by atoms with van der Waals surface area (Å²) < 4.78 is 1.33. The third kappa shape index (κ3) is 3.33. The van der Waals surface area contributed by atoms with Crippen LogP contribution in [0.5, 0.6) is 0 Å². The van der Waals surface area contributed by atoms with Crippen LogP contribution in [-0.4, -0.2) is 44.5 Å². The highest BCUT2D eigenvalue weighted by Gasteiger charge is 2.21. The molecule has 0 atom stereocenters. The second-order valence-corrected chi connectivity index (χ2v) is 6.23. The third-order valence-electron chi connectivity index (χ3n) is 3.89. The molecule has 0 fully saturated rings. The zero-order valence-electron chi connectivity index (χ0n) is 14.0. The van der Waals surface area contributed by atoms with Crippen molar-refractivity contribution in [3.63, 3.8) is 0 Å². The summed E-state index contributed by atoms with van der Waals surface area (Å²) in [5.41, 5.74) is -0.512. The maximum atomic E-state index is 12.8. The van der Waals surface area contributed by atoms with Crippen LogP contribution >= 0.6 is 11.3 Å². The first-order chi connectivity index (χ1) is 11.4. The summed E-state index contributed by atoms with van der Waals surface area (Å²) in [6.45, 7) is 6.71. The minimum Gasteiger partial charge on any atom is -0.478 e. The number of hydrogen-bond donors (Lipinski definition) is 1. The van der Waals surface area contributed by atoms with E-state index in [0.29, 0.717) is 30.2 Å². The summed E-state index contributed by atoms with van der Waals surface area (Å²) >= 11 is 1.14. The van der Waals surface area contributed by atoms with Crippen LogP contribution in [0.4, 0.5) is 0 Å². The van der Waals surface area contributed by atoms with Gasteiger partial charge in [0.25, 0.3) is 5.56 Å². The van der Waals surface area contributed by atoms with Gasteiger partial charge >= 0.3 is 5.97 Å². The third-order valence-corrected chi connectivity index (χ3v) is 4.76. The van der Waals surface area contributed by atoms with Gasteiger partial charge in [-0.3, -0.25) is 14.2 Å². The number of hydrogen-bond acceptors (Lipinski definition) is 5. The van der Waals surface area contributed by atoms with Crippen molar-refractivity contribution >= 4 is 33.4 Å². The number of aromatic carboxylic acids is 1. The molecule has 0 saturated heterocycles. The zero-order valence-corrected chi connectivity index (χ0v) is 14.9. The number of fused-ring (bicyclic) bond motifs is 1. The van der Waals surface area contributed by atoms with Crippen molar-refractivity contribution in [1.29, 1.82) is 0 Å². The fraction of sp³-hybridized carbons (Fsp3) is 0.500. The fourth-order valence-electron chi connectivity index (χ4n) is 2.61. The molecule has 1 N–H and O–H groups in total. The van der Waals surface area contributed by atoms with Gasteiger partial charge in [0.1, 0.15) is 17.2 Å². The molecule has 130 valence electrons. The van der Waals surface area contributed by atoms with Crippen LogP contribution in [0.25, 0.3) is 10.2 Å². The Labute approximate surface area is 143 Å². The zero-order chi connectivity index (χ0) is 17.9. The Balaban J connectivity index is 2.61. The molecule has 0 radical (unpaired) electrons. The highest BCUT2D eigenvalue weighted by molar-refractivity contribution is 7.17. The lowest BCUT2D eigenvalue weighted by Crippen LogP contribution is -2.37. The van der Waals surface area contributed by atoms with E-state index in [1.165, 1.54) is 9.95 Å². The smallest absolute Gasteiger partial charge is 0.337 e. The highest BCUT2D eigenvalue weighted by Crippen LogP contribution is 2.22. The predicted molar refractivity (Wildman–Crippen MR) is 92.8 cm³/mol. The quantitative estimate of drug-likeness (QED) is 0.823. The Morgan fingerprint density at radius 3 is 2.50 bits per heavy atom. The standard InChI is InChI=1S/C16H21N3O4S/c1-4-7-11-17-14-13(10(9-24-14)16(22)23)15(21)19(11)8-12(20)18(5-2)6-3/h9H,4-8H2,1-3H3,(H,22,23). The Bertz CT molecular complexity index is 821. The number of thiophene rings is 1. The average molecular weight is 351 g/mol. The molecule has 0 spiro atoms. The van der Waals surface area contributed by atoms with Crippen molar-refractivity contribution in [3.8, 4) is 0 Å². The summed E-state index contributed by atoms with van der Waals surface area (Å²) in [5.74, 6) is -0.813. The van der Waals surface area contributed by atoms with Crippen molar-refractivity contribution in [2.24, 2.45) is 0 Å². The Morgan fingerprint density at radius 2 is 1.96 bits per heavy atom. The van der Waals surface area contributed by atoms with E-state index in [0.717, 1.165) is 17.8 Å². The van der Waals surface area contributed by atoms with Gasteiger partial charge in [-0.1, -0.05) is 6.92 Å². The van der Waals surface area contributed by atoms with Crippen LogP contribution in [0.15, 0.2) is 10.2 Å². The van der Waals surface area contributed by atoms with Crippen LogP contribution in [0.2, 0.25) is 0 Å². The first-order valence-corrected chi connectivity index (χ1v) is 8.84. The van der Waals surface area contributed by atoms with Gasteiger partial charge < -0.3 is 10.0 Å². The second kappa shape index (κ2) is 7.57. The molecule has 8 heteroatoms. The van der Waals surface area contributed by atoms with Gasteiger partial charge in [0, 0.05) is 24.9 Å². The number of likely N-dealkylation sites (N-methyl/N-ethyl adjacent to an activating group) is 1. The van der Waals surface area contributed by atoms with E-state index in [-0.39, 0.29) is 23.4 Å². The number of aromatic nitrogens is 2. The van der Waals surface area contributed by atoms with Gasteiger partial charge in [-0.25, -0.2) is 9.78 Å². The van der Waals surface area contributed by atoms with Crippen LogP contribution in [0, 0.1) is 0 Å². The van der Waals surface area contributed by atoms with Gasteiger partial charge in [0.2, 0.25) is 5.91 Å². The molecular weight excluding hydrogens is 330 g/mol. The minimum absolute atomic E-state index is 0.0559. The average Bonchev–Trinajstić information content (AvgIpc) is 2.96. The fourth-order valence-corrected chi connectivity index (χ4v) is 3.53. The largest absolute Gasteiger partial charge is 0.478 e. The van der Waals surface area contributed by atoms with Crippen LogP contribution in [0.3, 0.4) is 0 Å². The van der Waals surface area contributed by atoms with E-state index in [2.05, 4.69) is 4.98 Å². The van der Waals surface area contributed by atoms with Crippen molar-refractivity contribution in [1.82, 2.24) is 14.5 Å². The number of carbonyl (C=O) groups excluding carboxylic acids is 1. The summed E-state index contributed by atoms with van der Waals surface area (Å²) in [5, 5.41) is 10.8. The first kappa shape index (κ1) is 18.1. The maximum Gasteiger partial charge on any atom is 0.337 e. The highest BCUT2D eigenvalue weighted by atomic mass is 32.1. The number of carboxylic acid groups (broad SMARTS) is 1. The van der Waals surface area contributed by atoms with Crippen molar-refractivity contribution in [3.05, 3.63) is 27.1 Å². The minimum atomic E-state index is -1.16. The summed E-state index contributed by atoms with van der Waals surface area (Å²) in [6, 6.07) is 0. The normalized spacial score (nSPS) is 11.0. The molecule has 0 unspecified atom stereocenters. The van der Waals surface area contributed by atoms with Crippen molar-refractivity contribution < 1.29 is 14.7 Å². The molecule has 24 heavy (non-hydrogen) atoms. The van der Waals surface area contributed by atoms with E-state index < -0.39 is 11.5 Å². The molecule has 1 amide bonds. The van der Waals surface area contributed by atoms with E-state index in [4.69, 9.17) is 0 Å². The monoisotopic (exact) mass is 351 g/mol. The molecule has 2 heterocycles. The molecule has 2 aromatic heterocycles. The number of nitrogens with zero attached hydrogens (tertiary/aromatic N) is 3. The number of aryl methyl sites for hydroxylation is 1. The Hall–Kier alpha value is -2.22. The van der Waals surface area contributed by atoms with E-state index in [1.807, 2.05) is 20.8 Å². The number of carboxylic acids is 1. The Kier molecular flexibility index (Phi) is 5.71. The molecule has 0 saturated carbocycles. The van der Waals surface area contributed by atoms with Crippen LogP contribution in [-0.2, 0) is 17.8 Å². The molecule has 0 aliphatic heterocycles. The SMILES string of the molecule is CCCc1nc2scc(C(=O)O)c2c(=O)n1CC(=O)N(CC)CC. The number of carbonyl (C=O) groups is 2. The van der Waals surface area contributed by atoms with E-state index in [1.54, 1.807) is 4.90 Å². The van der Waals surface area contributed by atoms with Gasteiger partial charge in [-0.2, -0.15) is 0 Å². The first-order valence-electron chi connectivity index (χ1n) is 7.96. The van der Waals surface area contributed by atoms with Crippen LogP contribution < -0.4 is 5.56 Å². The summed E-state index contributed by atoms with van der Waals surface area (Å²) in [7, 11) is 0. The molecule has 7 nitrogen and oxygen atoms in total. The second-order valence-electron chi connectivity index (χ2n) is 5.37. The lowest BCUT2D eigenvalue weighted by molar-refractivity contribution is -0.131. The number of amides is 1. The predicted octanol–water partition coefficient (Wildman–Crippen LogP) is 1.98. The molecule has 0 aliphatic rings. The van der Waals surface area contributed by atoms with Crippen molar-refractivity contribution in [2.45, 2.75) is 40.2 Å². The van der Waals surface area contributed by atoms with Crippen LogP contribution in [0.1, 0.15) is 43.4 Å². The lowest BCUT2D eigenvalue weighted by atomic mass is 10.2. The Morgan fingerprint density at radius 1 is 1.29 bits per heavy atom. The van der Waals surface area contributed by atoms with Crippen molar-refractivity contribution in [2.75, 3.05) is 13.1 Å². The van der Waals surface area contributed by atoms with Gasteiger partial charge in [0.15, 0.2) is 0 Å². The van der Waals surface area contributed by atoms with Gasteiger partial charge in [-0.15, -0.1) is 11.3 Å². The summed E-state index contributed by atoms with van der Waals surface area (Å²) in [6.07, 6.45) is 1.32. The maximum absolute atomic E-state index is 12.8. The molecular formula is C16H21N3O4S. The van der Waals surface area contributed by atoms with E-state index in [9.17, 15) is 19.5 Å². The number of rotatable bonds is 7. The lowest BCUT2D eigenvalue weighted by Gasteiger charge is -2.20. The molecule has 2 rings (SSSR count). The molecule has 0 bridgehead atoms. The van der Waals surface area contributed by atoms with Gasteiger partial charge in [-0.05, 0) is 20.3 Å². The molecule has 2 aromatic rings. The molecule has 0 aliphatic carbocycles. The van der Waals surface area contributed by atoms with E-state index >= 15 is 0 Å². The topological polar surface area (TPSA) is 92.5 Å². The molecule has 0 aromatic carbocycles. The summed E-state index contributed by atoms with van der Waals surface area (Å²) in [4.78, 5) is 43.1.